The van der Waals surface area contributed by atoms with Crippen LogP contribution in [0, 0.1) is 0 Å². The molecule has 1 aliphatic rings. The van der Waals surface area contributed by atoms with Gasteiger partial charge in [0.05, 0.1) is 17.8 Å². The first kappa shape index (κ1) is 18.1. The summed E-state index contributed by atoms with van der Waals surface area (Å²) in [6.07, 6.45) is 3.36. The van der Waals surface area contributed by atoms with Crippen LogP contribution in [0.4, 0.5) is 5.82 Å². The van der Waals surface area contributed by atoms with Gasteiger partial charge in [0.1, 0.15) is 5.82 Å². The minimum Gasteiger partial charge on any atom is -0.353 e. The SMILES string of the molecule is O=C(NCc1ccccn1)c1ccc(N2CCN[C@@H](c3ccccc3)C2)nc1. The lowest BCUT2D eigenvalue weighted by Gasteiger charge is -2.34. The quantitative estimate of drug-likeness (QED) is 0.719. The fraction of sp³-hybridized carbons (Fsp3) is 0.227. The van der Waals surface area contributed by atoms with Gasteiger partial charge < -0.3 is 15.5 Å². The van der Waals surface area contributed by atoms with Crippen LogP contribution in [-0.4, -0.2) is 35.5 Å². The largest absolute Gasteiger partial charge is 0.353 e. The van der Waals surface area contributed by atoms with Crippen molar-refractivity contribution in [1.82, 2.24) is 20.6 Å². The summed E-state index contributed by atoms with van der Waals surface area (Å²) in [4.78, 5) is 23.3. The maximum Gasteiger partial charge on any atom is 0.253 e. The van der Waals surface area contributed by atoms with Crippen molar-refractivity contribution in [2.45, 2.75) is 12.6 Å². The molecule has 2 aromatic heterocycles. The molecule has 1 saturated heterocycles. The van der Waals surface area contributed by atoms with E-state index in [1.807, 2.05) is 36.4 Å². The van der Waals surface area contributed by atoms with E-state index in [0.29, 0.717) is 12.1 Å². The molecule has 6 nitrogen and oxygen atoms in total. The molecule has 1 amide bonds. The molecule has 3 heterocycles. The molecule has 1 atom stereocenters. The second-order valence-electron chi connectivity index (χ2n) is 6.77. The number of carbonyl (C=O) groups is 1. The number of hydrogen-bond acceptors (Lipinski definition) is 5. The Morgan fingerprint density at radius 1 is 1.07 bits per heavy atom. The van der Waals surface area contributed by atoms with E-state index in [4.69, 9.17) is 0 Å². The number of piperazine rings is 1. The van der Waals surface area contributed by atoms with Crippen LogP contribution >= 0.6 is 0 Å². The third-order valence-electron chi connectivity index (χ3n) is 4.87. The van der Waals surface area contributed by atoms with Crippen LogP contribution in [0.25, 0.3) is 0 Å². The third-order valence-corrected chi connectivity index (χ3v) is 4.87. The number of nitrogens with zero attached hydrogens (tertiary/aromatic N) is 3. The predicted molar refractivity (Wildman–Crippen MR) is 109 cm³/mol. The highest BCUT2D eigenvalue weighted by Gasteiger charge is 2.21. The van der Waals surface area contributed by atoms with Gasteiger partial charge in [0.25, 0.3) is 5.91 Å². The van der Waals surface area contributed by atoms with Crippen molar-refractivity contribution in [1.29, 1.82) is 0 Å². The first-order valence-electron chi connectivity index (χ1n) is 9.47. The van der Waals surface area contributed by atoms with E-state index in [1.165, 1.54) is 5.56 Å². The Labute approximate surface area is 164 Å². The van der Waals surface area contributed by atoms with Crippen LogP contribution < -0.4 is 15.5 Å². The summed E-state index contributed by atoms with van der Waals surface area (Å²) >= 11 is 0. The van der Waals surface area contributed by atoms with Crippen LogP contribution in [0.1, 0.15) is 27.7 Å². The summed E-state index contributed by atoms with van der Waals surface area (Å²) in [6, 6.07) is 20.1. The molecule has 0 saturated carbocycles. The van der Waals surface area contributed by atoms with Gasteiger partial charge in [-0.25, -0.2) is 4.98 Å². The molecule has 0 unspecified atom stereocenters. The Morgan fingerprint density at radius 2 is 1.93 bits per heavy atom. The second kappa shape index (κ2) is 8.63. The van der Waals surface area contributed by atoms with Crippen molar-refractivity contribution in [3.05, 3.63) is 89.9 Å². The minimum absolute atomic E-state index is 0.146. The molecule has 0 aliphatic carbocycles. The summed E-state index contributed by atoms with van der Waals surface area (Å²) in [5.41, 5.74) is 2.65. The Kier molecular flexibility index (Phi) is 5.58. The van der Waals surface area contributed by atoms with Crippen LogP contribution in [0.3, 0.4) is 0 Å². The van der Waals surface area contributed by atoms with Crippen LogP contribution in [0.2, 0.25) is 0 Å². The Balaban J connectivity index is 1.38. The lowest BCUT2D eigenvalue weighted by molar-refractivity contribution is 0.0950. The fourth-order valence-corrected chi connectivity index (χ4v) is 3.35. The van der Waals surface area contributed by atoms with Crippen LogP contribution in [0.5, 0.6) is 0 Å². The Hall–Kier alpha value is -3.25. The van der Waals surface area contributed by atoms with E-state index in [9.17, 15) is 4.79 Å². The zero-order valence-electron chi connectivity index (χ0n) is 15.6. The number of pyridine rings is 2. The number of anilines is 1. The predicted octanol–water partition coefficient (Wildman–Crippen LogP) is 2.56. The average Bonchev–Trinajstić information content (AvgIpc) is 2.79. The lowest BCUT2D eigenvalue weighted by Crippen LogP contribution is -2.46. The molecule has 1 fully saturated rings. The first-order chi connectivity index (χ1) is 13.8. The van der Waals surface area contributed by atoms with E-state index < -0.39 is 0 Å². The van der Waals surface area contributed by atoms with Gasteiger partial charge in [-0.1, -0.05) is 36.4 Å². The van der Waals surface area contributed by atoms with E-state index in [2.05, 4.69) is 49.8 Å². The highest BCUT2D eigenvalue weighted by atomic mass is 16.1. The molecule has 0 radical (unpaired) electrons. The summed E-state index contributed by atoms with van der Waals surface area (Å²) in [7, 11) is 0. The van der Waals surface area contributed by atoms with Crippen molar-refractivity contribution in [3.63, 3.8) is 0 Å². The van der Waals surface area contributed by atoms with Gasteiger partial charge in [-0.15, -0.1) is 0 Å². The molecule has 142 valence electrons. The van der Waals surface area contributed by atoms with Gasteiger partial charge in [0.15, 0.2) is 0 Å². The lowest BCUT2D eigenvalue weighted by atomic mass is 10.0. The third kappa shape index (κ3) is 4.35. The molecule has 6 heteroatoms. The van der Waals surface area contributed by atoms with Crippen molar-refractivity contribution in [2.24, 2.45) is 0 Å². The van der Waals surface area contributed by atoms with Crippen LogP contribution in [0.15, 0.2) is 73.1 Å². The summed E-state index contributed by atoms with van der Waals surface area (Å²) < 4.78 is 0. The number of aromatic nitrogens is 2. The Bertz CT molecular complexity index is 899. The monoisotopic (exact) mass is 373 g/mol. The molecule has 3 aromatic rings. The van der Waals surface area contributed by atoms with Crippen molar-refractivity contribution < 1.29 is 4.79 Å². The van der Waals surface area contributed by atoms with Gasteiger partial charge in [0.2, 0.25) is 0 Å². The van der Waals surface area contributed by atoms with E-state index >= 15 is 0 Å². The van der Waals surface area contributed by atoms with Crippen molar-refractivity contribution in [3.8, 4) is 0 Å². The second-order valence-corrected chi connectivity index (χ2v) is 6.77. The minimum atomic E-state index is -0.146. The molecule has 2 N–H and O–H groups in total. The first-order valence-corrected chi connectivity index (χ1v) is 9.47. The summed E-state index contributed by atoms with van der Waals surface area (Å²) in [6.45, 7) is 3.04. The molecule has 28 heavy (non-hydrogen) atoms. The maximum atomic E-state index is 12.3. The van der Waals surface area contributed by atoms with Crippen molar-refractivity contribution in [2.75, 3.05) is 24.5 Å². The van der Waals surface area contributed by atoms with E-state index in [1.54, 1.807) is 12.4 Å². The summed E-state index contributed by atoms with van der Waals surface area (Å²) in [5, 5.41) is 6.44. The van der Waals surface area contributed by atoms with E-state index in [0.717, 1.165) is 31.1 Å². The molecule has 1 aromatic carbocycles. The Morgan fingerprint density at radius 3 is 2.68 bits per heavy atom. The van der Waals surface area contributed by atoms with Gasteiger partial charge in [0, 0.05) is 38.1 Å². The average molecular weight is 373 g/mol. The number of carbonyl (C=O) groups excluding carboxylic acids is 1. The number of nitrogens with one attached hydrogen (secondary N) is 2. The molecule has 1 aliphatic heterocycles. The van der Waals surface area contributed by atoms with Gasteiger partial charge in [-0.2, -0.15) is 0 Å². The fourth-order valence-electron chi connectivity index (χ4n) is 3.35. The number of benzene rings is 1. The molecular weight excluding hydrogens is 350 g/mol. The maximum absolute atomic E-state index is 12.3. The smallest absolute Gasteiger partial charge is 0.253 e. The molecular formula is C22H23N5O. The van der Waals surface area contributed by atoms with Gasteiger partial charge >= 0.3 is 0 Å². The zero-order chi connectivity index (χ0) is 19.2. The van der Waals surface area contributed by atoms with Gasteiger partial charge in [-0.3, -0.25) is 9.78 Å². The zero-order valence-corrected chi connectivity index (χ0v) is 15.6. The number of hydrogen-bond donors (Lipinski definition) is 2. The summed E-state index contributed by atoms with van der Waals surface area (Å²) in [5.74, 6) is 0.746. The molecule has 0 bridgehead atoms. The standard InChI is InChI=1S/C22H23N5O/c28-22(26-15-19-8-4-5-11-23-19)18-9-10-21(25-14-18)27-13-12-24-20(16-27)17-6-2-1-3-7-17/h1-11,14,20,24H,12-13,15-16H2,(H,26,28)/t20-/m1/s1. The number of amides is 1. The molecule has 0 spiro atoms. The van der Waals surface area contributed by atoms with Crippen molar-refractivity contribution >= 4 is 11.7 Å². The normalized spacial score (nSPS) is 16.6. The molecule has 4 rings (SSSR count). The van der Waals surface area contributed by atoms with E-state index in [-0.39, 0.29) is 11.9 Å². The highest BCUT2D eigenvalue weighted by molar-refractivity contribution is 5.94. The highest BCUT2D eigenvalue weighted by Crippen LogP contribution is 2.21. The topological polar surface area (TPSA) is 70.2 Å². The van der Waals surface area contributed by atoms with Gasteiger partial charge in [-0.05, 0) is 29.8 Å². The van der Waals surface area contributed by atoms with Crippen LogP contribution in [-0.2, 0) is 6.54 Å². The number of rotatable bonds is 5.